The number of para-hydroxylation sites is 4. The Hall–Kier alpha value is -3.88. The molecule has 4 aromatic rings. The minimum Gasteiger partial charge on any atom is -0.486 e. The average Bonchev–Trinajstić information content (AvgIpc) is 3.51. The van der Waals surface area contributed by atoms with Crippen LogP contribution >= 0.6 is 0 Å². The smallest absolute Gasteiger partial charge is 0.276 e. The summed E-state index contributed by atoms with van der Waals surface area (Å²) in [7, 11) is 0. The van der Waals surface area contributed by atoms with E-state index in [1.807, 2.05) is 53.4 Å². The predicted molar refractivity (Wildman–Crippen MR) is 120 cm³/mol. The Bertz CT molecular complexity index is 1260. The van der Waals surface area contributed by atoms with Crippen molar-refractivity contribution in [1.29, 1.82) is 0 Å². The summed E-state index contributed by atoms with van der Waals surface area (Å²) in [5.74, 6) is 2.70. The maximum Gasteiger partial charge on any atom is 0.276 e. The Morgan fingerprint density at radius 1 is 1.06 bits per heavy atom. The molecule has 1 N–H and O–H groups in total. The van der Waals surface area contributed by atoms with Crippen LogP contribution in [0.2, 0.25) is 0 Å². The van der Waals surface area contributed by atoms with Gasteiger partial charge in [0.15, 0.2) is 23.3 Å². The van der Waals surface area contributed by atoms with Gasteiger partial charge in [-0.15, -0.1) is 5.10 Å². The number of amides is 1. The first-order valence-electron chi connectivity index (χ1n) is 11.3. The van der Waals surface area contributed by atoms with Crippen LogP contribution in [-0.4, -0.2) is 61.6 Å². The maximum atomic E-state index is 13.0. The van der Waals surface area contributed by atoms with Gasteiger partial charge in [0.1, 0.15) is 12.4 Å². The topological polar surface area (TPSA) is 98.2 Å². The average molecular weight is 444 g/mol. The van der Waals surface area contributed by atoms with E-state index in [0.717, 1.165) is 41.2 Å². The molecule has 1 atom stereocenters. The number of aromatic nitrogens is 5. The SMILES string of the molecule is O=C(c1cn(CC2COc3ccccc3O2)nn1)N1CCC(c2nc3ccccc3[nH]2)CC1. The van der Waals surface area contributed by atoms with Gasteiger partial charge in [0.05, 0.1) is 23.8 Å². The number of carbonyl (C=O) groups is 1. The molecule has 9 heteroatoms. The standard InChI is InChI=1S/C24H24N6O3/c31-24(29-11-9-16(10-12-29)23-25-18-5-1-2-6-19(18)26-23)20-14-30(28-27-20)13-17-15-32-21-7-3-4-8-22(21)33-17/h1-8,14,16-17H,9-13,15H2,(H,25,26). The molecule has 1 amide bonds. The number of rotatable bonds is 4. The van der Waals surface area contributed by atoms with E-state index >= 15 is 0 Å². The van der Waals surface area contributed by atoms with Crippen molar-refractivity contribution in [2.24, 2.45) is 0 Å². The molecule has 2 aliphatic rings. The molecule has 6 rings (SSSR count). The van der Waals surface area contributed by atoms with Crippen LogP contribution in [-0.2, 0) is 6.54 Å². The van der Waals surface area contributed by atoms with Gasteiger partial charge < -0.3 is 19.4 Å². The van der Waals surface area contributed by atoms with Gasteiger partial charge in [-0.05, 0) is 37.1 Å². The maximum absolute atomic E-state index is 13.0. The minimum atomic E-state index is -0.191. The van der Waals surface area contributed by atoms with Crippen LogP contribution in [0.1, 0.15) is 35.1 Å². The van der Waals surface area contributed by atoms with Gasteiger partial charge in [0.2, 0.25) is 0 Å². The fourth-order valence-electron chi connectivity index (χ4n) is 4.53. The van der Waals surface area contributed by atoms with E-state index in [2.05, 4.69) is 15.3 Å². The van der Waals surface area contributed by atoms with Gasteiger partial charge in [-0.2, -0.15) is 0 Å². The highest BCUT2D eigenvalue weighted by atomic mass is 16.6. The van der Waals surface area contributed by atoms with Crippen molar-refractivity contribution in [3.8, 4) is 11.5 Å². The molecule has 1 saturated heterocycles. The van der Waals surface area contributed by atoms with Crippen molar-refractivity contribution in [1.82, 2.24) is 29.9 Å². The molecule has 0 spiro atoms. The van der Waals surface area contributed by atoms with Crippen LogP contribution in [0.3, 0.4) is 0 Å². The van der Waals surface area contributed by atoms with Crippen molar-refractivity contribution in [2.75, 3.05) is 19.7 Å². The van der Waals surface area contributed by atoms with Crippen molar-refractivity contribution >= 4 is 16.9 Å². The Morgan fingerprint density at radius 3 is 2.70 bits per heavy atom. The molecule has 1 unspecified atom stereocenters. The highest BCUT2D eigenvalue weighted by Crippen LogP contribution is 2.31. The number of nitrogens with one attached hydrogen (secondary N) is 1. The number of H-pyrrole nitrogens is 1. The molecular formula is C24H24N6O3. The summed E-state index contributed by atoms with van der Waals surface area (Å²) in [6, 6.07) is 15.6. The molecule has 0 bridgehead atoms. The fraction of sp³-hybridized carbons (Fsp3) is 0.333. The number of hydrogen-bond donors (Lipinski definition) is 1. The minimum absolute atomic E-state index is 0.0875. The second kappa shape index (κ2) is 8.23. The molecule has 0 radical (unpaired) electrons. The summed E-state index contributed by atoms with van der Waals surface area (Å²) in [4.78, 5) is 23.0. The number of fused-ring (bicyclic) bond motifs is 2. The molecule has 2 aromatic heterocycles. The van der Waals surface area contributed by atoms with E-state index < -0.39 is 0 Å². The quantitative estimate of drug-likeness (QED) is 0.520. The number of carbonyl (C=O) groups excluding carboxylic acids is 1. The lowest BCUT2D eigenvalue weighted by atomic mass is 9.96. The number of piperidine rings is 1. The molecule has 2 aliphatic heterocycles. The Morgan fingerprint density at radius 2 is 1.85 bits per heavy atom. The largest absolute Gasteiger partial charge is 0.486 e. The van der Waals surface area contributed by atoms with E-state index in [4.69, 9.17) is 14.5 Å². The van der Waals surface area contributed by atoms with Crippen LogP contribution in [0.25, 0.3) is 11.0 Å². The number of hydrogen-bond acceptors (Lipinski definition) is 6. The van der Waals surface area contributed by atoms with E-state index in [-0.39, 0.29) is 12.0 Å². The zero-order chi connectivity index (χ0) is 22.2. The Labute approximate surface area is 190 Å². The van der Waals surface area contributed by atoms with E-state index in [0.29, 0.717) is 37.9 Å². The summed E-state index contributed by atoms with van der Waals surface area (Å²) >= 11 is 0. The molecular weight excluding hydrogens is 420 g/mol. The third kappa shape index (κ3) is 3.90. The lowest BCUT2D eigenvalue weighted by Crippen LogP contribution is -2.38. The first-order valence-corrected chi connectivity index (χ1v) is 11.3. The number of imidazole rings is 1. The van der Waals surface area contributed by atoms with Crippen molar-refractivity contribution in [3.63, 3.8) is 0 Å². The second-order valence-electron chi connectivity index (χ2n) is 8.53. The van der Waals surface area contributed by atoms with Gasteiger partial charge in [0, 0.05) is 19.0 Å². The van der Waals surface area contributed by atoms with Crippen molar-refractivity contribution in [3.05, 3.63) is 66.2 Å². The van der Waals surface area contributed by atoms with E-state index in [1.165, 1.54) is 0 Å². The van der Waals surface area contributed by atoms with Gasteiger partial charge in [0.25, 0.3) is 5.91 Å². The zero-order valence-electron chi connectivity index (χ0n) is 18.1. The highest BCUT2D eigenvalue weighted by molar-refractivity contribution is 5.92. The normalized spacial score (nSPS) is 18.5. The van der Waals surface area contributed by atoms with Gasteiger partial charge >= 0.3 is 0 Å². The van der Waals surface area contributed by atoms with Crippen LogP contribution in [0.5, 0.6) is 11.5 Å². The summed E-state index contributed by atoms with van der Waals surface area (Å²) in [6.07, 6.45) is 3.24. The van der Waals surface area contributed by atoms with Gasteiger partial charge in [-0.3, -0.25) is 4.79 Å². The van der Waals surface area contributed by atoms with Crippen LogP contribution in [0, 0.1) is 0 Å². The van der Waals surface area contributed by atoms with Gasteiger partial charge in [-0.25, -0.2) is 9.67 Å². The van der Waals surface area contributed by atoms with Gasteiger partial charge in [-0.1, -0.05) is 29.5 Å². The first-order chi connectivity index (χ1) is 16.2. The number of likely N-dealkylation sites (tertiary alicyclic amines) is 1. The van der Waals surface area contributed by atoms with E-state index in [9.17, 15) is 4.79 Å². The van der Waals surface area contributed by atoms with Crippen molar-refractivity contribution in [2.45, 2.75) is 31.4 Å². The summed E-state index contributed by atoms with van der Waals surface area (Å²) in [5.41, 5.74) is 2.39. The monoisotopic (exact) mass is 444 g/mol. The molecule has 0 aliphatic carbocycles. The zero-order valence-corrected chi connectivity index (χ0v) is 18.1. The molecule has 33 heavy (non-hydrogen) atoms. The number of benzene rings is 2. The molecule has 9 nitrogen and oxygen atoms in total. The fourth-order valence-corrected chi connectivity index (χ4v) is 4.53. The number of aromatic amines is 1. The van der Waals surface area contributed by atoms with Crippen LogP contribution < -0.4 is 9.47 Å². The molecule has 4 heterocycles. The second-order valence-corrected chi connectivity index (χ2v) is 8.53. The van der Waals surface area contributed by atoms with Crippen LogP contribution in [0.15, 0.2) is 54.7 Å². The molecule has 1 fully saturated rings. The van der Waals surface area contributed by atoms with Crippen LogP contribution in [0.4, 0.5) is 0 Å². The predicted octanol–water partition coefficient (Wildman–Crippen LogP) is 3.01. The highest BCUT2D eigenvalue weighted by Gasteiger charge is 2.28. The molecule has 2 aromatic carbocycles. The Balaban J connectivity index is 1.06. The third-order valence-electron chi connectivity index (χ3n) is 6.29. The lowest BCUT2D eigenvalue weighted by molar-refractivity contribution is 0.0704. The third-order valence-corrected chi connectivity index (χ3v) is 6.29. The number of nitrogens with zero attached hydrogens (tertiary/aromatic N) is 5. The summed E-state index contributed by atoms with van der Waals surface area (Å²) in [5, 5.41) is 8.25. The molecule has 0 saturated carbocycles. The Kier molecular flexibility index (Phi) is 4.93. The summed E-state index contributed by atoms with van der Waals surface area (Å²) < 4.78 is 13.4. The van der Waals surface area contributed by atoms with Crippen molar-refractivity contribution < 1.29 is 14.3 Å². The van der Waals surface area contributed by atoms with E-state index in [1.54, 1.807) is 10.9 Å². The first kappa shape index (κ1) is 19.8. The molecule has 168 valence electrons. The lowest BCUT2D eigenvalue weighted by Gasteiger charge is -2.30. The summed E-state index contributed by atoms with van der Waals surface area (Å²) in [6.45, 7) is 2.23. The number of ether oxygens (including phenoxy) is 2.